The monoisotopic (exact) mass is 247 g/mol. The van der Waals surface area contributed by atoms with Crippen molar-refractivity contribution in [2.45, 2.75) is 6.42 Å². The number of hydrogen-bond acceptors (Lipinski definition) is 4. The standard InChI is InChI=1S/C12H10FN3O2/c13-10-4-2-9(3-5-10)12-15-16(7-1-6-14)11(17)8-18-12/h2-5H,1,7-8H2. The van der Waals surface area contributed by atoms with Crippen LogP contribution in [0, 0.1) is 17.1 Å². The number of amides is 1. The maximum absolute atomic E-state index is 12.8. The first-order valence-corrected chi connectivity index (χ1v) is 5.35. The number of hydrogen-bond donors (Lipinski definition) is 0. The maximum atomic E-state index is 12.8. The molecule has 0 unspecified atom stereocenters. The van der Waals surface area contributed by atoms with Crippen LogP contribution in [0.5, 0.6) is 0 Å². The molecule has 0 fully saturated rings. The first-order chi connectivity index (χ1) is 8.70. The van der Waals surface area contributed by atoms with Gasteiger partial charge in [0.15, 0.2) is 6.61 Å². The number of rotatable bonds is 3. The molecule has 5 nitrogen and oxygen atoms in total. The van der Waals surface area contributed by atoms with E-state index in [1.54, 1.807) is 0 Å². The van der Waals surface area contributed by atoms with Gasteiger partial charge in [-0.05, 0) is 24.3 Å². The van der Waals surface area contributed by atoms with Crippen molar-refractivity contribution >= 4 is 11.8 Å². The highest BCUT2D eigenvalue weighted by Gasteiger charge is 2.21. The summed E-state index contributed by atoms with van der Waals surface area (Å²) in [6, 6.07) is 7.56. The van der Waals surface area contributed by atoms with Gasteiger partial charge in [0.25, 0.3) is 5.91 Å². The molecule has 0 bridgehead atoms. The lowest BCUT2D eigenvalue weighted by atomic mass is 10.2. The van der Waals surface area contributed by atoms with E-state index in [2.05, 4.69) is 5.10 Å². The Morgan fingerprint density at radius 1 is 1.44 bits per heavy atom. The first kappa shape index (κ1) is 12.0. The molecular formula is C12H10FN3O2. The first-order valence-electron chi connectivity index (χ1n) is 5.35. The molecule has 0 aliphatic carbocycles. The molecular weight excluding hydrogens is 237 g/mol. The second-order valence-electron chi connectivity index (χ2n) is 3.63. The predicted molar refractivity (Wildman–Crippen MR) is 60.8 cm³/mol. The highest BCUT2D eigenvalue weighted by molar-refractivity contribution is 5.97. The van der Waals surface area contributed by atoms with Gasteiger partial charge in [0.2, 0.25) is 5.90 Å². The van der Waals surface area contributed by atoms with Gasteiger partial charge in [-0.25, -0.2) is 9.40 Å². The number of halogens is 1. The van der Waals surface area contributed by atoms with Gasteiger partial charge in [-0.3, -0.25) is 4.79 Å². The van der Waals surface area contributed by atoms with Crippen LogP contribution >= 0.6 is 0 Å². The van der Waals surface area contributed by atoms with Crippen molar-refractivity contribution < 1.29 is 13.9 Å². The van der Waals surface area contributed by atoms with Crippen molar-refractivity contribution in [3.8, 4) is 6.07 Å². The molecule has 0 atom stereocenters. The smallest absolute Gasteiger partial charge is 0.280 e. The molecule has 6 heteroatoms. The van der Waals surface area contributed by atoms with Gasteiger partial charge in [-0.1, -0.05) is 0 Å². The quantitative estimate of drug-likeness (QED) is 0.807. The second-order valence-corrected chi connectivity index (χ2v) is 3.63. The van der Waals surface area contributed by atoms with E-state index in [4.69, 9.17) is 10.00 Å². The normalized spacial score (nSPS) is 14.8. The van der Waals surface area contributed by atoms with E-state index < -0.39 is 0 Å². The number of nitriles is 1. The van der Waals surface area contributed by atoms with Crippen LogP contribution in [-0.2, 0) is 9.53 Å². The van der Waals surface area contributed by atoms with Crippen molar-refractivity contribution in [1.29, 1.82) is 5.26 Å². The van der Waals surface area contributed by atoms with Gasteiger partial charge in [-0.2, -0.15) is 5.26 Å². The molecule has 1 aromatic rings. The molecule has 1 aliphatic heterocycles. The van der Waals surface area contributed by atoms with E-state index in [9.17, 15) is 9.18 Å². The summed E-state index contributed by atoms with van der Waals surface area (Å²) in [5.41, 5.74) is 0.589. The minimum Gasteiger partial charge on any atom is -0.466 e. The third-order valence-electron chi connectivity index (χ3n) is 2.36. The molecule has 2 rings (SSSR count). The third-order valence-corrected chi connectivity index (χ3v) is 2.36. The number of hydrazone groups is 1. The highest BCUT2D eigenvalue weighted by Crippen LogP contribution is 2.11. The Morgan fingerprint density at radius 2 is 2.17 bits per heavy atom. The van der Waals surface area contributed by atoms with E-state index in [1.807, 2.05) is 6.07 Å². The second kappa shape index (κ2) is 5.27. The molecule has 92 valence electrons. The van der Waals surface area contributed by atoms with Crippen LogP contribution in [0.15, 0.2) is 29.4 Å². The fourth-order valence-corrected chi connectivity index (χ4v) is 1.46. The van der Waals surface area contributed by atoms with Gasteiger partial charge in [-0.15, -0.1) is 5.10 Å². The van der Waals surface area contributed by atoms with E-state index in [0.717, 1.165) is 0 Å². The summed E-state index contributed by atoms with van der Waals surface area (Å²) in [6.07, 6.45) is 0.200. The molecule has 18 heavy (non-hydrogen) atoms. The summed E-state index contributed by atoms with van der Waals surface area (Å²) >= 11 is 0. The summed E-state index contributed by atoms with van der Waals surface area (Å²) in [5, 5.41) is 13.7. The molecule has 0 radical (unpaired) electrons. The van der Waals surface area contributed by atoms with Crippen molar-refractivity contribution in [3.63, 3.8) is 0 Å². The zero-order chi connectivity index (χ0) is 13.0. The van der Waals surface area contributed by atoms with Crippen LogP contribution in [0.25, 0.3) is 0 Å². The van der Waals surface area contributed by atoms with Crippen molar-refractivity contribution in [3.05, 3.63) is 35.6 Å². The molecule has 1 aromatic carbocycles. The number of nitrogens with zero attached hydrogens (tertiary/aromatic N) is 3. The Hall–Kier alpha value is -2.42. The lowest BCUT2D eigenvalue weighted by Gasteiger charge is -2.22. The Kier molecular flexibility index (Phi) is 3.53. The third kappa shape index (κ3) is 2.63. The molecule has 0 N–H and O–H groups in total. The number of benzene rings is 1. The molecule has 0 aromatic heterocycles. The lowest BCUT2D eigenvalue weighted by molar-refractivity contribution is -0.135. The van der Waals surface area contributed by atoms with Crippen LogP contribution in [-0.4, -0.2) is 30.0 Å². The van der Waals surface area contributed by atoms with E-state index in [-0.39, 0.29) is 37.2 Å². The van der Waals surface area contributed by atoms with Crippen molar-refractivity contribution in [1.82, 2.24) is 5.01 Å². The largest absolute Gasteiger partial charge is 0.466 e. The SMILES string of the molecule is N#CCCN1N=C(c2ccc(F)cc2)OCC1=O. The summed E-state index contributed by atoms with van der Waals surface area (Å²) < 4.78 is 18.0. The average Bonchev–Trinajstić information content (AvgIpc) is 2.39. The van der Waals surface area contributed by atoms with E-state index >= 15 is 0 Å². The minimum atomic E-state index is -0.354. The van der Waals surface area contributed by atoms with Crippen LogP contribution in [0.3, 0.4) is 0 Å². The lowest BCUT2D eigenvalue weighted by Crippen LogP contribution is -2.37. The van der Waals surface area contributed by atoms with Gasteiger partial charge in [0.05, 0.1) is 19.0 Å². The van der Waals surface area contributed by atoms with Gasteiger partial charge in [0.1, 0.15) is 5.82 Å². The topological polar surface area (TPSA) is 65.7 Å². The van der Waals surface area contributed by atoms with Crippen LogP contribution < -0.4 is 0 Å². The highest BCUT2D eigenvalue weighted by atomic mass is 19.1. The van der Waals surface area contributed by atoms with Crippen molar-refractivity contribution in [2.24, 2.45) is 5.10 Å². The number of carbonyl (C=O) groups is 1. The zero-order valence-corrected chi connectivity index (χ0v) is 9.47. The maximum Gasteiger partial charge on any atom is 0.280 e. The fourth-order valence-electron chi connectivity index (χ4n) is 1.46. The summed E-state index contributed by atoms with van der Waals surface area (Å²) in [6.45, 7) is 0.102. The van der Waals surface area contributed by atoms with Crippen LogP contribution in [0.4, 0.5) is 4.39 Å². The minimum absolute atomic E-state index is 0.123. The summed E-state index contributed by atoms with van der Waals surface area (Å²) in [7, 11) is 0. The molecule has 1 aliphatic rings. The molecule has 0 saturated heterocycles. The predicted octanol–water partition coefficient (Wildman–Crippen LogP) is 1.26. The Bertz CT molecular complexity index is 519. The Morgan fingerprint density at radius 3 is 2.83 bits per heavy atom. The molecule has 0 spiro atoms. The van der Waals surface area contributed by atoms with Gasteiger partial charge < -0.3 is 4.74 Å². The molecule has 0 saturated carbocycles. The molecule has 1 heterocycles. The number of carbonyl (C=O) groups excluding carboxylic acids is 1. The number of ether oxygens (including phenoxy) is 1. The zero-order valence-electron chi connectivity index (χ0n) is 9.47. The van der Waals surface area contributed by atoms with Gasteiger partial charge >= 0.3 is 0 Å². The molecule has 1 amide bonds. The van der Waals surface area contributed by atoms with Gasteiger partial charge in [0, 0.05) is 5.56 Å². The van der Waals surface area contributed by atoms with E-state index in [0.29, 0.717) is 5.56 Å². The van der Waals surface area contributed by atoms with Crippen LogP contribution in [0.2, 0.25) is 0 Å². The van der Waals surface area contributed by atoms with E-state index in [1.165, 1.54) is 29.3 Å². The Labute approximate surface area is 103 Å². The van der Waals surface area contributed by atoms with Crippen molar-refractivity contribution in [2.75, 3.05) is 13.2 Å². The average molecular weight is 247 g/mol. The Balaban J connectivity index is 2.20. The fraction of sp³-hybridized carbons (Fsp3) is 0.250. The van der Waals surface area contributed by atoms with Crippen LogP contribution in [0.1, 0.15) is 12.0 Å². The summed E-state index contributed by atoms with van der Waals surface area (Å²) in [4.78, 5) is 11.5. The summed E-state index contributed by atoms with van der Waals surface area (Å²) in [5.74, 6) is -0.392.